The van der Waals surface area contributed by atoms with Crippen molar-refractivity contribution in [2.24, 2.45) is 0 Å². The Bertz CT molecular complexity index is 1110. The van der Waals surface area contributed by atoms with Crippen molar-refractivity contribution in [1.82, 2.24) is 24.6 Å². The van der Waals surface area contributed by atoms with Crippen LogP contribution in [0.15, 0.2) is 36.7 Å². The molecule has 32 heavy (non-hydrogen) atoms. The van der Waals surface area contributed by atoms with Gasteiger partial charge < -0.3 is 19.5 Å². The van der Waals surface area contributed by atoms with Crippen LogP contribution >= 0.6 is 0 Å². The molecule has 1 saturated carbocycles. The molecule has 1 amide bonds. The highest BCUT2D eigenvalue weighted by atomic mass is 16.5. The molecule has 1 aromatic carbocycles. The van der Waals surface area contributed by atoms with E-state index in [1.165, 1.54) is 0 Å². The fourth-order valence-corrected chi connectivity index (χ4v) is 3.74. The molecule has 1 N–H and O–H groups in total. The molecule has 1 aliphatic carbocycles. The summed E-state index contributed by atoms with van der Waals surface area (Å²) < 4.78 is 12.5. The lowest BCUT2D eigenvalue weighted by molar-refractivity contribution is 0.0730. The second kappa shape index (κ2) is 9.35. The lowest BCUT2D eigenvalue weighted by Crippen LogP contribution is -2.33. The van der Waals surface area contributed by atoms with Crippen LogP contribution in [-0.4, -0.2) is 69.6 Å². The molecule has 2 aromatic heterocycles. The molecule has 2 heterocycles. The van der Waals surface area contributed by atoms with Crippen LogP contribution in [0, 0.1) is 0 Å². The van der Waals surface area contributed by atoms with Gasteiger partial charge in [0.15, 0.2) is 0 Å². The Morgan fingerprint density at radius 2 is 2.06 bits per heavy atom. The number of rotatable bonds is 9. The van der Waals surface area contributed by atoms with Crippen molar-refractivity contribution in [3.63, 3.8) is 0 Å². The number of amides is 1. The number of carbonyl (C=O) groups excluding carboxylic acids is 1. The van der Waals surface area contributed by atoms with Crippen LogP contribution in [0.25, 0.3) is 17.2 Å². The zero-order chi connectivity index (χ0) is 22.7. The maximum absolute atomic E-state index is 13.1. The predicted molar refractivity (Wildman–Crippen MR) is 118 cm³/mol. The van der Waals surface area contributed by atoms with Crippen LogP contribution in [0.1, 0.15) is 41.7 Å². The number of aromatic nitrogens is 4. The molecule has 0 atom stereocenters. The molecule has 0 saturated heterocycles. The topological polar surface area (TPSA) is 103 Å². The molecule has 0 radical (unpaired) electrons. The molecule has 0 bridgehead atoms. The van der Waals surface area contributed by atoms with E-state index in [1.807, 2.05) is 25.1 Å². The summed E-state index contributed by atoms with van der Waals surface area (Å²) in [5.41, 5.74) is 2.79. The number of hydrogen-bond acceptors (Lipinski definition) is 7. The smallest absolute Gasteiger partial charge is 0.257 e. The van der Waals surface area contributed by atoms with Crippen LogP contribution in [0.3, 0.4) is 0 Å². The number of ether oxygens (including phenoxy) is 2. The predicted octanol–water partition coefficient (Wildman–Crippen LogP) is 2.68. The highest BCUT2D eigenvalue weighted by molar-refractivity contribution is 5.95. The number of aliphatic hydroxyl groups is 1. The zero-order valence-electron chi connectivity index (χ0n) is 18.5. The summed E-state index contributed by atoms with van der Waals surface area (Å²) >= 11 is 0. The number of nitrogens with zero attached hydrogens (tertiary/aromatic N) is 5. The van der Waals surface area contributed by atoms with Gasteiger partial charge in [0.1, 0.15) is 11.5 Å². The number of methoxy groups -OCH3 is 2. The molecule has 0 aliphatic heterocycles. The van der Waals surface area contributed by atoms with Gasteiger partial charge in [0.05, 0.1) is 44.0 Å². The third-order valence-corrected chi connectivity index (χ3v) is 5.55. The first-order valence-corrected chi connectivity index (χ1v) is 10.6. The second-order valence-electron chi connectivity index (χ2n) is 7.55. The molecule has 3 aromatic rings. The van der Waals surface area contributed by atoms with E-state index in [0.717, 1.165) is 24.1 Å². The SMILES string of the molecule is CCN(CCO)C(=O)c1cnn(-c2nccc(-c3cc(OC)ccc3OC)n2)c1C1CC1. The quantitative estimate of drug-likeness (QED) is 0.549. The van der Waals surface area contributed by atoms with Crippen LogP contribution in [-0.2, 0) is 0 Å². The Labute approximate surface area is 186 Å². The Balaban J connectivity index is 1.76. The van der Waals surface area contributed by atoms with E-state index in [1.54, 1.807) is 42.3 Å². The van der Waals surface area contributed by atoms with Gasteiger partial charge in [-0.05, 0) is 44.0 Å². The summed E-state index contributed by atoms with van der Waals surface area (Å²) in [4.78, 5) is 23.9. The van der Waals surface area contributed by atoms with Crippen molar-refractivity contribution in [1.29, 1.82) is 0 Å². The number of aliphatic hydroxyl groups excluding tert-OH is 1. The van der Waals surface area contributed by atoms with Gasteiger partial charge in [-0.3, -0.25) is 4.79 Å². The molecule has 1 aliphatic rings. The average molecular weight is 438 g/mol. The van der Waals surface area contributed by atoms with Crippen LogP contribution in [0.2, 0.25) is 0 Å². The molecule has 9 heteroatoms. The van der Waals surface area contributed by atoms with Crippen molar-refractivity contribution < 1.29 is 19.4 Å². The fraction of sp³-hybridized carbons (Fsp3) is 0.391. The second-order valence-corrected chi connectivity index (χ2v) is 7.55. The van der Waals surface area contributed by atoms with Crippen LogP contribution < -0.4 is 9.47 Å². The summed E-state index contributed by atoms with van der Waals surface area (Å²) in [6.07, 6.45) is 5.22. The fourth-order valence-electron chi connectivity index (χ4n) is 3.74. The summed E-state index contributed by atoms with van der Waals surface area (Å²) in [6, 6.07) is 7.32. The number of benzene rings is 1. The first-order chi connectivity index (χ1) is 15.6. The van der Waals surface area contributed by atoms with Gasteiger partial charge in [-0.25, -0.2) is 14.6 Å². The zero-order valence-corrected chi connectivity index (χ0v) is 18.5. The first kappa shape index (κ1) is 21.8. The van der Waals surface area contributed by atoms with Crippen LogP contribution in [0.4, 0.5) is 0 Å². The number of hydrogen-bond donors (Lipinski definition) is 1. The number of likely N-dealkylation sites (N-methyl/N-ethyl adjacent to an activating group) is 1. The van der Waals surface area contributed by atoms with Gasteiger partial charge in [-0.15, -0.1) is 0 Å². The molecule has 9 nitrogen and oxygen atoms in total. The number of carbonyl (C=O) groups is 1. The Kier molecular flexibility index (Phi) is 6.36. The van der Waals surface area contributed by atoms with Gasteiger partial charge in [0.25, 0.3) is 11.9 Å². The highest BCUT2D eigenvalue weighted by Gasteiger charge is 2.34. The first-order valence-electron chi connectivity index (χ1n) is 10.6. The minimum Gasteiger partial charge on any atom is -0.497 e. The third-order valence-electron chi connectivity index (χ3n) is 5.55. The minimum atomic E-state index is -0.139. The van der Waals surface area contributed by atoms with E-state index < -0.39 is 0 Å². The van der Waals surface area contributed by atoms with E-state index in [9.17, 15) is 9.90 Å². The Hall–Kier alpha value is -3.46. The van der Waals surface area contributed by atoms with Crippen molar-refractivity contribution in [3.05, 3.63) is 47.9 Å². The largest absolute Gasteiger partial charge is 0.497 e. The Morgan fingerprint density at radius 1 is 1.25 bits per heavy atom. The summed E-state index contributed by atoms with van der Waals surface area (Å²) in [5.74, 6) is 1.84. The Morgan fingerprint density at radius 3 is 2.72 bits per heavy atom. The average Bonchev–Trinajstić information content (AvgIpc) is 3.59. The molecular weight excluding hydrogens is 410 g/mol. The van der Waals surface area contributed by atoms with E-state index in [-0.39, 0.29) is 25.0 Å². The summed E-state index contributed by atoms with van der Waals surface area (Å²) in [5, 5.41) is 13.8. The molecule has 0 unspecified atom stereocenters. The third kappa shape index (κ3) is 4.16. The van der Waals surface area contributed by atoms with Crippen molar-refractivity contribution >= 4 is 5.91 Å². The van der Waals surface area contributed by atoms with Gasteiger partial charge in [-0.2, -0.15) is 5.10 Å². The standard InChI is InChI=1S/C23H27N5O4/c1-4-27(11-12-29)22(30)18-14-25-28(21(18)15-5-6-15)23-24-10-9-19(26-23)17-13-16(31-2)7-8-20(17)32-3/h7-10,13-15,29H,4-6,11-12H2,1-3H3. The van der Waals surface area contributed by atoms with Gasteiger partial charge in [-0.1, -0.05) is 0 Å². The molecular formula is C23H27N5O4. The van der Waals surface area contributed by atoms with Gasteiger partial charge in [0.2, 0.25) is 0 Å². The highest BCUT2D eigenvalue weighted by Crippen LogP contribution is 2.42. The van der Waals surface area contributed by atoms with E-state index in [2.05, 4.69) is 10.1 Å². The molecule has 1 fully saturated rings. The normalized spacial score (nSPS) is 13.1. The van der Waals surface area contributed by atoms with Gasteiger partial charge >= 0.3 is 0 Å². The van der Waals surface area contributed by atoms with Crippen molar-refractivity contribution in [3.8, 4) is 28.7 Å². The summed E-state index contributed by atoms with van der Waals surface area (Å²) in [7, 11) is 3.22. The van der Waals surface area contributed by atoms with E-state index >= 15 is 0 Å². The van der Waals surface area contributed by atoms with Crippen LogP contribution in [0.5, 0.6) is 11.5 Å². The van der Waals surface area contributed by atoms with E-state index in [4.69, 9.17) is 14.5 Å². The van der Waals surface area contributed by atoms with Gasteiger partial charge in [0, 0.05) is 30.8 Å². The van der Waals surface area contributed by atoms with Crippen molar-refractivity contribution in [2.75, 3.05) is 33.9 Å². The monoisotopic (exact) mass is 437 g/mol. The maximum Gasteiger partial charge on any atom is 0.257 e. The molecule has 168 valence electrons. The van der Waals surface area contributed by atoms with E-state index in [0.29, 0.717) is 35.2 Å². The molecule has 4 rings (SSSR count). The lowest BCUT2D eigenvalue weighted by Gasteiger charge is -2.19. The lowest BCUT2D eigenvalue weighted by atomic mass is 10.1. The minimum absolute atomic E-state index is 0.0833. The maximum atomic E-state index is 13.1. The van der Waals surface area contributed by atoms with Crippen molar-refractivity contribution in [2.45, 2.75) is 25.7 Å². The molecule has 0 spiro atoms. The summed E-state index contributed by atoms with van der Waals surface area (Å²) in [6.45, 7) is 2.60.